The average Bonchev–Trinajstić information content (AvgIpc) is 2.61. The molecule has 80 valence electrons. The maximum Gasteiger partial charge on any atom is 0.161 e. The summed E-state index contributed by atoms with van der Waals surface area (Å²) in [6, 6.07) is 1.69. The zero-order valence-electron chi connectivity index (χ0n) is 7.98. The lowest BCUT2D eigenvalue weighted by atomic mass is 10.2. The van der Waals surface area contributed by atoms with Gasteiger partial charge in [-0.1, -0.05) is 5.21 Å². The van der Waals surface area contributed by atoms with Crippen LogP contribution in [0.2, 0.25) is 0 Å². The summed E-state index contributed by atoms with van der Waals surface area (Å²) in [6.07, 6.45) is 0. The van der Waals surface area contributed by atoms with E-state index in [4.69, 9.17) is 5.11 Å². The van der Waals surface area contributed by atoms with Crippen molar-refractivity contribution < 1.29 is 13.9 Å². The highest BCUT2D eigenvalue weighted by Crippen LogP contribution is 2.18. The van der Waals surface area contributed by atoms with Crippen molar-refractivity contribution in [3.63, 3.8) is 0 Å². The van der Waals surface area contributed by atoms with Crippen molar-refractivity contribution in [2.45, 2.75) is 13.0 Å². The number of hydrogen-bond donors (Lipinski definition) is 1. The molecule has 6 heteroatoms. The summed E-state index contributed by atoms with van der Waals surface area (Å²) in [7, 11) is 0. The molecule has 1 aromatic heterocycles. The molecule has 1 atom stereocenters. The molecule has 1 aromatic carbocycles. The van der Waals surface area contributed by atoms with Gasteiger partial charge in [0.05, 0.1) is 18.2 Å². The summed E-state index contributed by atoms with van der Waals surface area (Å²) in [5, 5.41) is 16.3. The van der Waals surface area contributed by atoms with E-state index in [1.807, 2.05) is 0 Å². The zero-order chi connectivity index (χ0) is 11.0. The van der Waals surface area contributed by atoms with Gasteiger partial charge in [0.25, 0.3) is 0 Å². The maximum absolute atomic E-state index is 13.0. The maximum atomic E-state index is 13.0. The quantitative estimate of drug-likeness (QED) is 0.817. The minimum atomic E-state index is -0.953. The van der Waals surface area contributed by atoms with E-state index in [0.29, 0.717) is 5.52 Å². The first kappa shape index (κ1) is 9.97. The van der Waals surface area contributed by atoms with Gasteiger partial charge in [0, 0.05) is 12.1 Å². The van der Waals surface area contributed by atoms with E-state index in [-0.39, 0.29) is 18.2 Å². The lowest BCUT2D eigenvalue weighted by molar-refractivity contribution is 0.231. The van der Waals surface area contributed by atoms with Crippen molar-refractivity contribution in [3.05, 3.63) is 23.8 Å². The van der Waals surface area contributed by atoms with E-state index >= 15 is 0 Å². The van der Waals surface area contributed by atoms with E-state index in [2.05, 4.69) is 10.3 Å². The Kier molecular flexibility index (Phi) is 2.36. The molecular formula is C9H9F2N3O. The molecule has 0 fully saturated rings. The molecule has 0 saturated carbocycles. The second kappa shape index (κ2) is 3.54. The molecule has 0 aliphatic carbocycles. The van der Waals surface area contributed by atoms with Crippen molar-refractivity contribution in [2.75, 3.05) is 6.61 Å². The summed E-state index contributed by atoms with van der Waals surface area (Å²) in [4.78, 5) is 0. The third kappa shape index (κ3) is 1.56. The van der Waals surface area contributed by atoms with Crippen molar-refractivity contribution in [2.24, 2.45) is 0 Å². The van der Waals surface area contributed by atoms with Crippen LogP contribution < -0.4 is 0 Å². The third-order valence-electron chi connectivity index (χ3n) is 2.19. The topological polar surface area (TPSA) is 50.9 Å². The van der Waals surface area contributed by atoms with Gasteiger partial charge >= 0.3 is 0 Å². The van der Waals surface area contributed by atoms with Crippen LogP contribution in [0.3, 0.4) is 0 Å². The summed E-state index contributed by atoms with van der Waals surface area (Å²) in [5.74, 6) is -1.90. The summed E-state index contributed by atoms with van der Waals surface area (Å²) in [6.45, 7) is 1.56. The van der Waals surface area contributed by atoms with Crippen LogP contribution in [0.15, 0.2) is 12.1 Å². The van der Waals surface area contributed by atoms with Crippen molar-refractivity contribution >= 4 is 11.0 Å². The van der Waals surface area contributed by atoms with Gasteiger partial charge in [-0.25, -0.2) is 13.5 Å². The number of nitrogens with zero attached hydrogens (tertiary/aromatic N) is 3. The molecule has 1 heterocycles. The van der Waals surface area contributed by atoms with Crippen molar-refractivity contribution in [3.8, 4) is 0 Å². The molecule has 0 amide bonds. The number of benzene rings is 1. The van der Waals surface area contributed by atoms with Crippen LogP contribution in [-0.4, -0.2) is 26.7 Å². The largest absolute Gasteiger partial charge is 0.394 e. The average molecular weight is 213 g/mol. The highest BCUT2D eigenvalue weighted by atomic mass is 19.2. The third-order valence-corrected chi connectivity index (χ3v) is 2.19. The Labute approximate surface area is 84.1 Å². The normalized spacial score (nSPS) is 13.3. The Balaban J connectivity index is 2.64. The Bertz CT molecular complexity index is 497. The van der Waals surface area contributed by atoms with Gasteiger partial charge in [0.15, 0.2) is 11.6 Å². The first-order valence-electron chi connectivity index (χ1n) is 4.44. The van der Waals surface area contributed by atoms with Crippen LogP contribution in [-0.2, 0) is 0 Å². The van der Waals surface area contributed by atoms with Crippen LogP contribution in [0.25, 0.3) is 11.0 Å². The number of aliphatic hydroxyl groups is 1. The monoisotopic (exact) mass is 213 g/mol. The lowest BCUT2D eigenvalue weighted by Crippen LogP contribution is -2.10. The first-order chi connectivity index (χ1) is 7.13. The standard InChI is InChI=1S/C9H9F2N3O/c1-5(4-15)14-9-3-7(11)6(10)2-8(9)12-13-14/h2-3,5,15H,4H2,1H3. The number of aliphatic hydroxyl groups excluding tert-OH is 1. The van der Waals surface area contributed by atoms with Crippen LogP contribution >= 0.6 is 0 Å². The van der Waals surface area contributed by atoms with Crippen LogP contribution in [0.5, 0.6) is 0 Å². The summed E-state index contributed by atoms with van der Waals surface area (Å²) in [5.41, 5.74) is 0.643. The second-order valence-electron chi connectivity index (χ2n) is 3.32. The fourth-order valence-corrected chi connectivity index (χ4v) is 1.34. The molecule has 0 aliphatic rings. The Hall–Kier alpha value is -1.56. The molecule has 1 unspecified atom stereocenters. The molecule has 1 N–H and O–H groups in total. The minimum Gasteiger partial charge on any atom is -0.394 e. The number of aromatic nitrogens is 3. The smallest absolute Gasteiger partial charge is 0.161 e. The van der Waals surface area contributed by atoms with Gasteiger partial charge in [-0.15, -0.1) is 5.10 Å². The highest BCUT2D eigenvalue weighted by molar-refractivity contribution is 5.74. The number of rotatable bonds is 2. The van der Waals surface area contributed by atoms with Crippen LogP contribution in [0.4, 0.5) is 8.78 Å². The summed E-state index contributed by atoms with van der Waals surface area (Å²) >= 11 is 0. The van der Waals surface area contributed by atoms with Gasteiger partial charge < -0.3 is 5.11 Å². The second-order valence-corrected chi connectivity index (χ2v) is 3.32. The van der Waals surface area contributed by atoms with E-state index in [1.54, 1.807) is 6.92 Å². The van der Waals surface area contributed by atoms with Gasteiger partial charge in [-0.2, -0.15) is 0 Å². The number of hydrogen-bond acceptors (Lipinski definition) is 3. The Morgan fingerprint density at radius 3 is 2.73 bits per heavy atom. The fourth-order valence-electron chi connectivity index (χ4n) is 1.34. The van der Waals surface area contributed by atoms with Crippen molar-refractivity contribution in [1.82, 2.24) is 15.0 Å². The minimum absolute atomic E-state index is 0.141. The SMILES string of the molecule is CC(CO)n1nnc2cc(F)c(F)cc21. The fraction of sp³-hybridized carbons (Fsp3) is 0.333. The molecule has 0 bridgehead atoms. The molecule has 0 saturated heterocycles. The molecule has 0 radical (unpaired) electrons. The summed E-state index contributed by atoms with van der Waals surface area (Å²) < 4.78 is 27.2. The zero-order valence-corrected chi connectivity index (χ0v) is 7.98. The molecular weight excluding hydrogens is 204 g/mol. The van der Waals surface area contributed by atoms with Gasteiger partial charge in [0.2, 0.25) is 0 Å². The lowest BCUT2D eigenvalue weighted by Gasteiger charge is -2.08. The highest BCUT2D eigenvalue weighted by Gasteiger charge is 2.13. The van der Waals surface area contributed by atoms with E-state index in [0.717, 1.165) is 12.1 Å². The molecule has 2 aromatic rings. The van der Waals surface area contributed by atoms with Crippen LogP contribution in [0.1, 0.15) is 13.0 Å². The molecule has 0 spiro atoms. The number of fused-ring (bicyclic) bond motifs is 1. The van der Waals surface area contributed by atoms with E-state index in [9.17, 15) is 8.78 Å². The Morgan fingerprint density at radius 2 is 2.07 bits per heavy atom. The predicted molar refractivity (Wildman–Crippen MR) is 49.2 cm³/mol. The van der Waals surface area contributed by atoms with E-state index in [1.165, 1.54) is 4.68 Å². The molecule has 15 heavy (non-hydrogen) atoms. The molecule has 0 aliphatic heterocycles. The molecule has 4 nitrogen and oxygen atoms in total. The number of halogens is 2. The van der Waals surface area contributed by atoms with Gasteiger partial charge in [0.1, 0.15) is 5.52 Å². The van der Waals surface area contributed by atoms with Gasteiger partial charge in [-0.3, -0.25) is 0 Å². The Morgan fingerprint density at radius 1 is 1.40 bits per heavy atom. The van der Waals surface area contributed by atoms with Crippen LogP contribution in [0, 0.1) is 11.6 Å². The molecule has 2 rings (SSSR count). The predicted octanol–water partition coefficient (Wildman–Crippen LogP) is 1.26. The van der Waals surface area contributed by atoms with E-state index < -0.39 is 11.6 Å². The first-order valence-corrected chi connectivity index (χ1v) is 4.44. The van der Waals surface area contributed by atoms with Crippen molar-refractivity contribution in [1.29, 1.82) is 0 Å². The van der Waals surface area contributed by atoms with Gasteiger partial charge in [-0.05, 0) is 6.92 Å².